The average Bonchev–Trinajstić information content (AvgIpc) is 3.24. The Morgan fingerprint density at radius 2 is 1.90 bits per heavy atom. The zero-order valence-electron chi connectivity index (χ0n) is 16.6. The van der Waals surface area contributed by atoms with E-state index >= 15 is 0 Å². The van der Waals surface area contributed by atoms with Crippen LogP contribution in [0.15, 0.2) is 60.0 Å². The molecule has 0 aliphatic carbocycles. The molecule has 0 saturated heterocycles. The van der Waals surface area contributed by atoms with Crippen LogP contribution in [0.3, 0.4) is 0 Å². The molecule has 0 bridgehead atoms. The molecule has 0 radical (unpaired) electrons. The lowest BCUT2D eigenvalue weighted by Gasteiger charge is -2.16. The van der Waals surface area contributed by atoms with E-state index < -0.39 is 16.1 Å². The zero-order chi connectivity index (χ0) is 20.9. The van der Waals surface area contributed by atoms with Crippen LogP contribution in [-0.2, 0) is 14.8 Å². The fourth-order valence-corrected chi connectivity index (χ4v) is 4.13. The van der Waals surface area contributed by atoms with Crippen molar-refractivity contribution in [1.29, 1.82) is 0 Å². The molecule has 1 atom stereocenters. The van der Waals surface area contributed by atoms with Crippen LogP contribution in [0.1, 0.15) is 24.1 Å². The van der Waals surface area contributed by atoms with Gasteiger partial charge in [0.25, 0.3) is 0 Å². The molecular weight excluding hydrogens is 392 g/mol. The summed E-state index contributed by atoms with van der Waals surface area (Å²) < 4.78 is 40.5. The van der Waals surface area contributed by atoms with Crippen LogP contribution in [0.2, 0.25) is 0 Å². The molecular formula is C20H24N4O4S. The highest BCUT2D eigenvalue weighted by Crippen LogP contribution is 2.24. The van der Waals surface area contributed by atoms with Crippen LogP contribution in [0.25, 0.3) is 5.69 Å². The largest absolute Gasteiger partial charge is 0.491 e. The Bertz CT molecular complexity index is 1030. The van der Waals surface area contributed by atoms with Crippen molar-refractivity contribution in [3.8, 4) is 11.4 Å². The van der Waals surface area contributed by atoms with Crippen molar-refractivity contribution >= 4 is 10.0 Å². The molecule has 154 valence electrons. The van der Waals surface area contributed by atoms with Crippen molar-refractivity contribution in [3.63, 3.8) is 0 Å². The SMILES string of the molecule is COCCOc1ccc(S(=O)(=O)NC(C)c2ccc(-n3cncn3)cc2)cc1C. The number of benzene rings is 2. The van der Waals surface area contributed by atoms with Crippen molar-refractivity contribution in [1.82, 2.24) is 19.5 Å². The quantitative estimate of drug-likeness (QED) is 0.539. The summed E-state index contributed by atoms with van der Waals surface area (Å²) in [5, 5.41) is 4.08. The van der Waals surface area contributed by atoms with Gasteiger partial charge in [-0.3, -0.25) is 0 Å². The lowest BCUT2D eigenvalue weighted by molar-refractivity contribution is 0.146. The summed E-state index contributed by atoms with van der Waals surface area (Å²) >= 11 is 0. The smallest absolute Gasteiger partial charge is 0.241 e. The Balaban J connectivity index is 1.70. The van der Waals surface area contributed by atoms with Crippen LogP contribution in [-0.4, -0.2) is 43.5 Å². The third kappa shape index (κ3) is 5.20. The Morgan fingerprint density at radius 3 is 2.52 bits per heavy atom. The molecule has 0 spiro atoms. The van der Waals surface area contributed by atoms with E-state index in [0.29, 0.717) is 19.0 Å². The highest BCUT2D eigenvalue weighted by molar-refractivity contribution is 7.89. The molecule has 0 aliphatic rings. The summed E-state index contributed by atoms with van der Waals surface area (Å²) in [4.78, 5) is 4.11. The number of aromatic nitrogens is 3. The molecule has 29 heavy (non-hydrogen) atoms. The number of ether oxygens (including phenoxy) is 2. The van der Waals surface area contributed by atoms with Gasteiger partial charge < -0.3 is 9.47 Å². The summed E-state index contributed by atoms with van der Waals surface area (Å²) in [5.74, 6) is 0.637. The maximum Gasteiger partial charge on any atom is 0.241 e. The molecule has 0 aliphatic heterocycles. The number of rotatable bonds is 9. The molecule has 3 rings (SSSR count). The van der Waals surface area contributed by atoms with Crippen molar-refractivity contribution in [2.45, 2.75) is 24.8 Å². The predicted octanol–water partition coefficient (Wildman–Crippen LogP) is 2.64. The fourth-order valence-electron chi connectivity index (χ4n) is 2.81. The van der Waals surface area contributed by atoms with Crippen LogP contribution >= 0.6 is 0 Å². The molecule has 8 nitrogen and oxygen atoms in total. The van der Waals surface area contributed by atoms with Crippen molar-refractivity contribution in [2.75, 3.05) is 20.3 Å². The zero-order valence-corrected chi connectivity index (χ0v) is 17.4. The standard InChI is InChI=1S/C20H24N4O4S/c1-15-12-19(8-9-20(15)28-11-10-27-3)29(25,26)23-16(2)17-4-6-18(7-5-17)24-14-21-13-22-24/h4-9,12-14,16,23H,10-11H2,1-3H3. The molecule has 1 unspecified atom stereocenters. The van der Waals surface area contributed by atoms with Crippen molar-refractivity contribution in [2.24, 2.45) is 0 Å². The second-order valence-electron chi connectivity index (χ2n) is 6.54. The maximum absolute atomic E-state index is 12.8. The topological polar surface area (TPSA) is 95.3 Å². The number of hydrogen-bond donors (Lipinski definition) is 1. The van der Waals surface area contributed by atoms with Gasteiger partial charge in [-0.2, -0.15) is 5.10 Å². The van der Waals surface area contributed by atoms with Gasteiger partial charge in [0.15, 0.2) is 0 Å². The molecule has 3 aromatic rings. The van der Waals surface area contributed by atoms with E-state index in [-0.39, 0.29) is 4.90 Å². The molecule has 1 aromatic heterocycles. The van der Waals surface area contributed by atoms with E-state index in [0.717, 1.165) is 16.8 Å². The Kier molecular flexibility index (Phi) is 6.63. The first kappa shape index (κ1) is 21.0. The minimum absolute atomic E-state index is 0.195. The van der Waals surface area contributed by atoms with E-state index in [1.54, 1.807) is 37.2 Å². The first-order valence-corrected chi connectivity index (χ1v) is 10.6. The van der Waals surface area contributed by atoms with Gasteiger partial charge in [-0.15, -0.1) is 0 Å². The highest BCUT2D eigenvalue weighted by atomic mass is 32.2. The number of methoxy groups -OCH3 is 1. The van der Waals surface area contributed by atoms with Gasteiger partial charge in [0, 0.05) is 13.2 Å². The number of nitrogens with zero attached hydrogens (tertiary/aromatic N) is 3. The van der Waals surface area contributed by atoms with Gasteiger partial charge >= 0.3 is 0 Å². The highest BCUT2D eigenvalue weighted by Gasteiger charge is 2.19. The summed E-state index contributed by atoms with van der Waals surface area (Å²) in [5.41, 5.74) is 2.43. The van der Waals surface area contributed by atoms with Crippen molar-refractivity contribution in [3.05, 3.63) is 66.2 Å². The number of aryl methyl sites for hydroxylation is 1. The van der Waals surface area contributed by atoms with E-state index in [1.165, 1.54) is 12.4 Å². The van der Waals surface area contributed by atoms with E-state index in [2.05, 4.69) is 14.8 Å². The average molecular weight is 417 g/mol. The molecule has 1 N–H and O–H groups in total. The summed E-state index contributed by atoms with van der Waals surface area (Å²) in [7, 11) is -2.09. The molecule has 2 aromatic carbocycles. The van der Waals surface area contributed by atoms with Crippen LogP contribution in [0, 0.1) is 6.92 Å². The van der Waals surface area contributed by atoms with Crippen LogP contribution < -0.4 is 9.46 Å². The molecule has 0 saturated carbocycles. The summed E-state index contributed by atoms with van der Waals surface area (Å²) in [6.45, 7) is 4.49. The summed E-state index contributed by atoms with van der Waals surface area (Å²) in [6, 6.07) is 11.9. The third-order valence-corrected chi connectivity index (χ3v) is 5.95. The molecule has 9 heteroatoms. The lowest BCUT2D eigenvalue weighted by Crippen LogP contribution is -2.27. The molecule has 0 fully saturated rings. The van der Waals surface area contributed by atoms with Gasteiger partial charge in [0.1, 0.15) is 25.0 Å². The van der Waals surface area contributed by atoms with Gasteiger partial charge in [-0.25, -0.2) is 22.8 Å². The minimum Gasteiger partial charge on any atom is -0.491 e. The number of nitrogens with one attached hydrogen (secondary N) is 1. The maximum atomic E-state index is 12.8. The van der Waals surface area contributed by atoms with E-state index in [9.17, 15) is 8.42 Å². The van der Waals surface area contributed by atoms with Gasteiger partial charge in [-0.05, 0) is 55.3 Å². The second kappa shape index (κ2) is 9.17. The van der Waals surface area contributed by atoms with Gasteiger partial charge in [-0.1, -0.05) is 12.1 Å². The first-order valence-electron chi connectivity index (χ1n) is 9.10. The second-order valence-corrected chi connectivity index (χ2v) is 8.26. The lowest BCUT2D eigenvalue weighted by atomic mass is 10.1. The van der Waals surface area contributed by atoms with Gasteiger partial charge in [0.2, 0.25) is 10.0 Å². The van der Waals surface area contributed by atoms with Crippen LogP contribution in [0.4, 0.5) is 0 Å². The van der Waals surface area contributed by atoms with Crippen molar-refractivity contribution < 1.29 is 17.9 Å². The monoisotopic (exact) mass is 416 g/mol. The Labute approximate surface area is 170 Å². The Hall–Kier alpha value is -2.75. The van der Waals surface area contributed by atoms with Gasteiger partial charge in [0.05, 0.1) is 17.2 Å². The normalized spacial score (nSPS) is 12.7. The molecule has 1 heterocycles. The molecule has 0 amide bonds. The third-order valence-electron chi connectivity index (χ3n) is 4.41. The fraction of sp³-hybridized carbons (Fsp3) is 0.300. The van der Waals surface area contributed by atoms with Crippen LogP contribution in [0.5, 0.6) is 5.75 Å². The predicted molar refractivity (Wildman–Crippen MR) is 109 cm³/mol. The van der Waals surface area contributed by atoms with E-state index in [4.69, 9.17) is 9.47 Å². The first-order chi connectivity index (χ1) is 13.9. The minimum atomic E-state index is -3.68. The van der Waals surface area contributed by atoms with E-state index in [1.807, 2.05) is 31.2 Å². The Morgan fingerprint density at radius 1 is 1.14 bits per heavy atom. The number of sulfonamides is 1. The number of hydrogen-bond acceptors (Lipinski definition) is 6. The summed E-state index contributed by atoms with van der Waals surface area (Å²) in [6.07, 6.45) is 3.06.